The van der Waals surface area contributed by atoms with Gasteiger partial charge >= 0.3 is 0 Å². The van der Waals surface area contributed by atoms with Crippen LogP contribution in [0.25, 0.3) is 0 Å². The molecule has 4 heteroatoms. The number of hydrogen-bond donors (Lipinski definition) is 1. The SMILES string of the molecule is CC(C)OCCN(C)C(CN)c1cccs1. The Labute approximate surface area is 102 Å². The van der Waals surface area contributed by atoms with Crippen molar-refractivity contribution in [3.63, 3.8) is 0 Å². The maximum absolute atomic E-state index is 5.82. The molecule has 3 nitrogen and oxygen atoms in total. The van der Waals surface area contributed by atoms with Gasteiger partial charge in [0.25, 0.3) is 0 Å². The summed E-state index contributed by atoms with van der Waals surface area (Å²) in [5, 5.41) is 2.09. The Hall–Kier alpha value is -0.420. The average molecular weight is 242 g/mol. The Morgan fingerprint density at radius 2 is 2.25 bits per heavy atom. The van der Waals surface area contributed by atoms with Gasteiger partial charge in [-0.25, -0.2) is 0 Å². The third-order valence-electron chi connectivity index (χ3n) is 2.52. The van der Waals surface area contributed by atoms with Crippen LogP contribution in [0.1, 0.15) is 24.8 Å². The van der Waals surface area contributed by atoms with Crippen LogP contribution in [-0.4, -0.2) is 37.7 Å². The molecule has 92 valence electrons. The van der Waals surface area contributed by atoms with E-state index in [4.69, 9.17) is 10.5 Å². The van der Waals surface area contributed by atoms with Crippen molar-refractivity contribution in [2.75, 3.05) is 26.7 Å². The molecule has 0 saturated heterocycles. The first-order valence-electron chi connectivity index (χ1n) is 5.70. The van der Waals surface area contributed by atoms with Crippen LogP contribution < -0.4 is 5.73 Å². The summed E-state index contributed by atoms with van der Waals surface area (Å²) in [5.41, 5.74) is 5.82. The first-order valence-corrected chi connectivity index (χ1v) is 6.58. The summed E-state index contributed by atoms with van der Waals surface area (Å²) in [6.07, 6.45) is 0.298. The van der Waals surface area contributed by atoms with E-state index in [1.54, 1.807) is 11.3 Å². The van der Waals surface area contributed by atoms with Crippen molar-refractivity contribution in [3.8, 4) is 0 Å². The zero-order valence-corrected chi connectivity index (χ0v) is 11.2. The Balaban J connectivity index is 2.41. The fourth-order valence-corrected chi connectivity index (χ4v) is 2.49. The van der Waals surface area contributed by atoms with Gasteiger partial charge in [-0.2, -0.15) is 0 Å². The molecule has 2 N–H and O–H groups in total. The highest BCUT2D eigenvalue weighted by atomic mass is 32.1. The van der Waals surface area contributed by atoms with Crippen LogP contribution in [0, 0.1) is 0 Å². The smallest absolute Gasteiger partial charge is 0.0597 e. The molecule has 0 fully saturated rings. The lowest BCUT2D eigenvalue weighted by molar-refractivity contribution is 0.0567. The van der Waals surface area contributed by atoms with Crippen molar-refractivity contribution in [1.82, 2.24) is 4.90 Å². The molecule has 0 spiro atoms. The largest absolute Gasteiger partial charge is 0.377 e. The lowest BCUT2D eigenvalue weighted by Gasteiger charge is -2.26. The van der Waals surface area contributed by atoms with Gasteiger partial charge in [0.05, 0.1) is 18.8 Å². The molecule has 0 aromatic carbocycles. The molecule has 0 aliphatic rings. The second-order valence-electron chi connectivity index (χ2n) is 4.17. The number of hydrogen-bond acceptors (Lipinski definition) is 4. The van der Waals surface area contributed by atoms with E-state index < -0.39 is 0 Å². The van der Waals surface area contributed by atoms with Gasteiger partial charge in [-0.1, -0.05) is 6.07 Å². The lowest BCUT2D eigenvalue weighted by atomic mass is 10.2. The zero-order valence-electron chi connectivity index (χ0n) is 10.3. The number of thiophene rings is 1. The summed E-state index contributed by atoms with van der Waals surface area (Å²) in [7, 11) is 2.10. The minimum atomic E-state index is 0.298. The minimum Gasteiger partial charge on any atom is -0.377 e. The maximum atomic E-state index is 5.82. The number of rotatable bonds is 7. The fraction of sp³-hybridized carbons (Fsp3) is 0.667. The van der Waals surface area contributed by atoms with Crippen molar-refractivity contribution < 1.29 is 4.74 Å². The Kier molecular flexibility index (Phi) is 5.98. The molecule has 1 rings (SSSR count). The molecule has 0 radical (unpaired) electrons. The topological polar surface area (TPSA) is 38.5 Å². The second-order valence-corrected chi connectivity index (χ2v) is 5.15. The average Bonchev–Trinajstić information content (AvgIpc) is 2.71. The van der Waals surface area contributed by atoms with Gasteiger partial charge in [-0.15, -0.1) is 11.3 Å². The summed E-state index contributed by atoms with van der Waals surface area (Å²) in [6.45, 7) is 6.44. The van der Waals surface area contributed by atoms with E-state index >= 15 is 0 Å². The monoisotopic (exact) mass is 242 g/mol. The predicted molar refractivity (Wildman–Crippen MR) is 69.8 cm³/mol. The molecule has 16 heavy (non-hydrogen) atoms. The predicted octanol–water partition coefficient (Wildman–Crippen LogP) is 2.10. The molecule has 1 aromatic heterocycles. The molecular formula is C12H22N2OS. The maximum Gasteiger partial charge on any atom is 0.0597 e. The van der Waals surface area contributed by atoms with Crippen LogP contribution in [0.2, 0.25) is 0 Å². The quantitative estimate of drug-likeness (QED) is 0.796. The highest BCUT2D eigenvalue weighted by molar-refractivity contribution is 7.10. The van der Waals surface area contributed by atoms with Gasteiger partial charge in [0.2, 0.25) is 0 Å². The van der Waals surface area contributed by atoms with E-state index in [9.17, 15) is 0 Å². The molecule has 1 unspecified atom stereocenters. The third-order valence-corrected chi connectivity index (χ3v) is 3.50. The van der Waals surface area contributed by atoms with Crippen molar-refractivity contribution in [2.24, 2.45) is 5.73 Å². The third kappa shape index (κ3) is 4.22. The van der Waals surface area contributed by atoms with Gasteiger partial charge < -0.3 is 10.5 Å². The van der Waals surface area contributed by atoms with Crippen LogP contribution in [0.3, 0.4) is 0 Å². The molecule has 1 heterocycles. The van der Waals surface area contributed by atoms with E-state index in [2.05, 4.69) is 43.3 Å². The van der Waals surface area contributed by atoms with Gasteiger partial charge in [-0.05, 0) is 32.3 Å². The first-order chi connectivity index (χ1) is 7.65. The highest BCUT2D eigenvalue weighted by Crippen LogP contribution is 2.22. The summed E-state index contributed by atoms with van der Waals surface area (Å²) < 4.78 is 5.55. The molecule has 0 bridgehead atoms. The Morgan fingerprint density at radius 1 is 1.50 bits per heavy atom. The summed E-state index contributed by atoms with van der Waals surface area (Å²) in [5.74, 6) is 0. The Bertz CT molecular complexity index is 275. The van der Waals surface area contributed by atoms with Crippen LogP contribution in [0.4, 0.5) is 0 Å². The van der Waals surface area contributed by atoms with E-state index in [0.717, 1.165) is 13.2 Å². The molecule has 0 aliphatic carbocycles. The van der Waals surface area contributed by atoms with Crippen molar-refractivity contribution in [2.45, 2.75) is 26.0 Å². The standard InChI is InChI=1S/C12H22N2OS/c1-10(2)15-7-6-14(3)11(9-13)12-5-4-8-16-12/h4-5,8,10-11H,6-7,9,13H2,1-3H3. The van der Waals surface area contributed by atoms with Gasteiger partial charge in [0.15, 0.2) is 0 Å². The second kappa shape index (κ2) is 7.01. The summed E-state index contributed by atoms with van der Waals surface area (Å²) >= 11 is 1.76. The molecule has 0 saturated carbocycles. The van der Waals surface area contributed by atoms with Crippen LogP contribution >= 0.6 is 11.3 Å². The van der Waals surface area contributed by atoms with Crippen molar-refractivity contribution >= 4 is 11.3 Å². The molecule has 1 atom stereocenters. The normalized spacial score (nSPS) is 13.6. The van der Waals surface area contributed by atoms with Crippen molar-refractivity contribution in [3.05, 3.63) is 22.4 Å². The zero-order chi connectivity index (χ0) is 12.0. The number of ether oxygens (including phenoxy) is 1. The minimum absolute atomic E-state index is 0.298. The van der Waals surface area contributed by atoms with Gasteiger partial charge in [-0.3, -0.25) is 4.90 Å². The van der Waals surface area contributed by atoms with Crippen LogP contribution in [0.15, 0.2) is 17.5 Å². The number of nitrogens with zero attached hydrogens (tertiary/aromatic N) is 1. The van der Waals surface area contributed by atoms with Crippen LogP contribution in [0.5, 0.6) is 0 Å². The van der Waals surface area contributed by atoms with E-state index in [-0.39, 0.29) is 0 Å². The van der Waals surface area contributed by atoms with Crippen LogP contribution in [-0.2, 0) is 4.74 Å². The molecule has 0 aliphatic heterocycles. The fourth-order valence-electron chi connectivity index (χ4n) is 1.58. The number of likely N-dealkylation sites (N-methyl/N-ethyl adjacent to an activating group) is 1. The number of nitrogens with two attached hydrogens (primary N) is 1. The van der Waals surface area contributed by atoms with Crippen molar-refractivity contribution in [1.29, 1.82) is 0 Å². The highest BCUT2D eigenvalue weighted by Gasteiger charge is 2.15. The van der Waals surface area contributed by atoms with E-state index in [1.165, 1.54) is 4.88 Å². The summed E-state index contributed by atoms with van der Waals surface area (Å²) in [4.78, 5) is 3.59. The molecular weight excluding hydrogens is 220 g/mol. The lowest BCUT2D eigenvalue weighted by Crippen LogP contribution is -2.33. The van der Waals surface area contributed by atoms with Gasteiger partial charge in [0, 0.05) is 18.0 Å². The Morgan fingerprint density at radius 3 is 2.75 bits per heavy atom. The van der Waals surface area contributed by atoms with E-state index in [1.807, 2.05) is 0 Å². The molecule has 0 amide bonds. The van der Waals surface area contributed by atoms with E-state index in [0.29, 0.717) is 18.7 Å². The first kappa shape index (κ1) is 13.6. The van der Waals surface area contributed by atoms with Gasteiger partial charge in [0.1, 0.15) is 0 Å². The molecule has 1 aromatic rings. The summed E-state index contributed by atoms with van der Waals surface area (Å²) in [6, 6.07) is 4.53.